The lowest BCUT2D eigenvalue weighted by Crippen LogP contribution is -2.37. The first kappa shape index (κ1) is 14.5. The number of anilines is 1. The Hall–Kier alpha value is -1.89. The Balaban J connectivity index is 2.10. The van der Waals surface area contributed by atoms with E-state index in [2.05, 4.69) is 10.1 Å². The first-order chi connectivity index (χ1) is 9.56. The number of methoxy groups -OCH3 is 1. The number of rotatable bonds is 3. The quantitative estimate of drug-likeness (QED) is 0.880. The minimum Gasteiger partial charge on any atom is -0.453 e. The maximum Gasteiger partial charge on any atom is 0.407 e. The summed E-state index contributed by atoms with van der Waals surface area (Å²) in [6.45, 7) is 0.899. The number of hydrogen-bond acceptors (Lipinski definition) is 4. The van der Waals surface area contributed by atoms with Crippen molar-refractivity contribution in [2.45, 2.75) is 19.0 Å². The summed E-state index contributed by atoms with van der Waals surface area (Å²) >= 11 is 0. The van der Waals surface area contributed by atoms with Crippen LogP contribution in [0.15, 0.2) is 12.1 Å². The molecule has 1 fully saturated rings. The third-order valence-corrected chi connectivity index (χ3v) is 3.40. The molecule has 1 aliphatic heterocycles. The Morgan fingerprint density at radius 3 is 2.90 bits per heavy atom. The van der Waals surface area contributed by atoms with Crippen LogP contribution in [0.25, 0.3) is 0 Å². The lowest BCUT2D eigenvalue weighted by Gasteiger charge is -2.20. The maximum absolute atomic E-state index is 14.0. The van der Waals surface area contributed by atoms with E-state index in [1.807, 2.05) is 0 Å². The zero-order valence-corrected chi connectivity index (χ0v) is 11.2. The molecule has 1 unspecified atom stereocenters. The summed E-state index contributed by atoms with van der Waals surface area (Å²) in [5.41, 5.74) is 5.67. The molecular formula is C13H17F2N3O2. The number of benzene rings is 1. The minimum absolute atomic E-state index is 0.0461. The van der Waals surface area contributed by atoms with Crippen molar-refractivity contribution in [3.8, 4) is 0 Å². The summed E-state index contributed by atoms with van der Waals surface area (Å²) < 4.78 is 32.2. The van der Waals surface area contributed by atoms with E-state index in [0.717, 1.165) is 0 Å². The second-order valence-corrected chi connectivity index (χ2v) is 4.64. The van der Waals surface area contributed by atoms with Crippen molar-refractivity contribution < 1.29 is 18.3 Å². The lowest BCUT2D eigenvalue weighted by molar-refractivity contribution is 0.167. The average molecular weight is 285 g/mol. The van der Waals surface area contributed by atoms with Crippen LogP contribution in [-0.4, -0.2) is 32.3 Å². The van der Waals surface area contributed by atoms with Crippen LogP contribution in [0, 0.1) is 11.6 Å². The van der Waals surface area contributed by atoms with Gasteiger partial charge in [-0.3, -0.25) is 0 Å². The molecule has 1 aliphatic rings. The molecule has 3 N–H and O–H groups in total. The van der Waals surface area contributed by atoms with Crippen molar-refractivity contribution in [2.75, 3.05) is 25.1 Å². The van der Waals surface area contributed by atoms with E-state index in [-0.39, 0.29) is 23.8 Å². The number of alkyl carbamates (subject to hydrolysis) is 1. The fraction of sp³-hybridized carbons (Fsp3) is 0.462. The van der Waals surface area contributed by atoms with Crippen LogP contribution >= 0.6 is 0 Å². The van der Waals surface area contributed by atoms with Gasteiger partial charge in [0.25, 0.3) is 0 Å². The lowest BCUT2D eigenvalue weighted by atomic mass is 10.1. The van der Waals surface area contributed by atoms with Gasteiger partial charge in [0.2, 0.25) is 0 Å². The third-order valence-electron chi connectivity index (χ3n) is 3.40. The predicted octanol–water partition coefficient (Wildman–Crippen LogP) is 1.36. The van der Waals surface area contributed by atoms with Crippen molar-refractivity contribution in [3.05, 3.63) is 29.3 Å². The Kier molecular flexibility index (Phi) is 4.39. The normalized spacial score (nSPS) is 18.2. The molecule has 0 saturated carbocycles. The molecule has 7 heteroatoms. The Morgan fingerprint density at radius 1 is 1.50 bits per heavy atom. The molecule has 0 radical (unpaired) electrons. The van der Waals surface area contributed by atoms with E-state index in [4.69, 9.17) is 5.73 Å². The molecule has 1 atom stereocenters. The molecular weight excluding hydrogens is 268 g/mol. The van der Waals surface area contributed by atoms with Crippen molar-refractivity contribution in [1.29, 1.82) is 0 Å². The van der Waals surface area contributed by atoms with E-state index in [1.54, 1.807) is 4.90 Å². The molecule has 1 heterocycles. The molecule has 0 aromatic heterocycles. The van der Waals surface area contributed by atoms with Gasteiger partial charge in [-0.1, -0.05) is 6.07 Å². The fourth-order valence-electron chi connectivity index (χ4n) is 2.30. The minimum atomic E-state index is -0.908. The van der Waals surface area contributed by atoms with Gasteiger partial charge in [-0.05, 0) is 12.5 Å². The molecule has 1 amide bonds. The fourth-order valence-corrected chi connectivity index (χ4v) is 2.30. The van der Waals surface area contributed by atoms with Gasteiger partial charge >= 0.3 is 6.09 Å². The summed E-state index contributed by atoms with van der Waals surface area (Å²) in [6, 6.07) is 2.86. The molecule has 0 aliphatic carbocycles. The van der Waals surface area contributed by atoms with Crippen molar-refractivity contribution in [2.24, 2.45) is 5.73 Å². The highest BCUT2D eigenvalue weighted by Crippen LogP contribution is 2.27. The average Bonchev–Trinajstić information content (AvgIpc) is 2.89. The van der Waals surface area contributed by atoms with Gasteiger partial charge < -0.3 is 20.7 Å². The number of carbonyl (C=O) groups is 1. The number of ether oxygens (including phenoxy) is 1. The second-order valence-electron chi connectivity index (χ2n) is 4.64. The molecule has 20 heavy (non-hydrogen) atoms. The molecule has 1 aromatic rings. The number of nitrogens with zero attached hydrogens (tertiary/aromatic N) is 1. The van der Waals surface area contributed by atoms with Gasteiger partial charge in [-0.15, -0.1) is 0 Å². The molecule has 0 bridgehead atoms. The van der Waals surface area contributed by atoms with Crippen LogP contribution in [-0.2, 0) is 11.3 Å². The van der Waals surface area contributed by atoms with Gasteiger partial charge in [0.1, 0.15) is 0 Å². The van der Waals surface area contributed by atoms with Gasteiger partial charge in [0.05, 0.1) is 18.8 Å². The number of carbonyl (C=O) groups excluding carboxylic acids is 1. The summed E-state index contributed by atoms with van der Waals surface area (Å²) in [6.07, 6.45) is 0.122. The Labute approximate surface area is 115 Å². The predicted molar refractivity (Wildman–Crippen MR) is 70.4 cm³/mol. The smallest absolute Gasteiger partial charge is 0.407 e. The summed E-state index contributed by atoms with van der Waals surface area (Å²) in [5, 5.41) is 2.65. The van der Waals surface area contributed by atoms with Crippen LogP contribution in [0.5, 0.6) is 0 Å². The largest absolute Gasteiger partial charge is 0.453 e. The zero-order valence-electron chi connectivity index (χ0n) is 11.2. The van der Waals surface area contributed by atoms with Gasteiger partial charge in [0, 0.05) is 25.2 Å². The molecule has 110 valence electrons. The maximum atomic E-state index is 14.0. The van der Waals surface area contributed by atoms with Crippen LogP contribution in [0.4, 0.5) is 19.3 Å². The van der Waals surface area contributed by atoms with Crippen molar-refractivity contribution in [1.82, 2.24) is 5.32 Å². The van der Waals surface area contributed by atoms with E-state index in [9.17, 15) is 13.6 Å². The van der Waals surface area contributed by atoms with E-state index in [0.29, 0.717) is 19.5 Å². The van der Waals surface area contributed by atoms with E-state index >= 15 is 0 Å². The van der Waals surface area contributed by atoms with Crippen molar-refractivity contribution >= 4 is 11.8 Å². The molecule has 0 spiro atoms. The van der Waals surface area contributed by atoms with Crippen molar-refractivity contribution in [3.63, 3.8) is 0 Å². The molecule has 1 saturated heterocycles. The Bertz CT molecular complexity index is 511. The van der Waals surface area contributed by atoms with Crippen LogP contribution in [0.2, 0.25) is 0 Å². The first-order valence-corrected chi connectivity index (χ1v) is 6.33. The summed E-state index contributed by atoms with van der Waals surface area (Å²) in [4.78, 5) is 12.8. The standard InChI is InChI=1S/C13H17F2N3O2/c1-20-13(19)17-9-4-5-18(7-9)10-3-2-8(6-16)11(14)12(10)15/h2-3,9H,4-7,16H2,1H3,(H,17,19). The second kappa shape index (κ2) is 6.04. The SMILES string of the molecule is COC(=O)NC1CCN(c2ccc(CN)c(F)c2F)C1. The number of hydrogen-bond donors (Lipinski definition) is 2. The number of halogens is 2. The van der Waals surface area contributed by atoms with E-state index < -0.39 is 17.7 Å². The van der Waals surface area contributed by atoms with Gasteiger partial charge in [0.15, 0.2) is 11.6 Å². The summed E-state index contributed by atoms with van der Waals surface area (Å²) in [5.74, 6) is -1.80. The van der Waals surface area contributed by atoms with Crippen LogP contribution in [0.1, 0.15) is 12.0 Å². The molecule has 2 rings (SSSR count). The van der Waals surface area contributed by atoms with Crippen LogP contribution < -0.4 is 16.0 Å². The highest BCUT2D eigenvalue weighted by Gasteiger charge is 2.27. The highest BCUT2D eigenvalue weighted by molar-refractivity contribution is 5.67. The Morgan fingerprint density at radius 2 is 2.25 bits per heavy atom. The number of nitrogens with two attached hydrogens (primary N) is 1. The van der Waals surface area contributed by atoms with E-state index in [1.165, 1.54) is 19.2 Å². The summed E-state index contributed by atoms with van der Waals surface area (Å²) in [7, 11) is 1.28. The van der Waals surface area contributed by atoms with Gasteiger partial charge in [-0.2, -0.15) is 0 Å². The topological polar surface area (TPSA) is 67.6 Å². The monoisotopic (exact) mass is 285 g/mol. The zero-order chi connectivity index (χ0) is 14.7. The highest BCUT2D eigenvalue weighted by atomic mass is 19.2. The molecule has 1 aromatic carbocycles. The van der Waals surface area contributed by atoms with Crippen LogP contribution in [0.3, 0.4) is 0 Å². The number of amides is 1. The number of nitrogens with one attached hydrogen (secondary N) is 1. The van der Waals surface area contributed by atoms with Gasteiger partial charge in [-0.25, -0.2) is 13.6 Å². The first-order valence-electron chi connectivity index (χ1n) is 6.33. The molecule has 5 nitrogen and oxygen atoms in total. The third kappa shape index (κ3) is 2.82.